The number of nitrogens with zero attached hydrogens (tertiary/aromatic N) is 1. The molecule has 2 N–H and O–H groups in total. The molecule has 0 radical (unpaired) electrons. The number of urea groups is 1. The Bertz CT molecular complexity index is 908. The molecule has 2 aromatic carbocycles. The van der Waals surface area contributed by atoms with E-state index in [1.54, 1.807) is 12.1 Å². The second kappa shape index (κ2) is 8.34. The largest absolute Gasteiger partial charge is 0.478 e. The number of amides is 3. The molecule has 1 aliphatic rings. The van der Waals surface area contributed by atoms with Crippen molar-refractivity contribution in [3.63, 3.8) is 0 Å². The Morgan fingerprint density at radius 2 is 1.69 bits per heavy atom. The number of ether oxygens (including phenoxy) is 1. The fraction of sp³-hybridized carbons (Fsp3) is 0.318. The molecular formula is C22H24N2O5. The van der Waals surface area contributed by atoms with Gasteiger partial charge >= 0.3 is 12.0 Å². The molecule has 0 bridgehead atoms. The summed E-state index contributed by atoms with van der Waals surface area (Å²) in [6.07, 6.45) is 0.0800. The van der Waals surface area contributed by atoms with Gasteiger partial charge in [0.15, 0.2) is 6.23 Å². The lowest BCUT2D eigenvalue weighted by Crippen LogP contribution is -2.73. The summed E-state index contributed by atoms with van der Waals surface area (Å²) in [4.78, 5) is 38.2. The van der Waals surface area contributed by atoms with Crippen molar-refractivity contribution in [1.82, 2.24) is 10.2 Å². The van der Waals surface area contributed by atoms with E-state index in [0.717, 1.165) is 10.5 Å². The molecule has 1 saturated heterocycles. The first-order chi connectivity index (χ1) is 13.9. The first-order valence-corrected chi connectivity index (χ1v) is 9.59. The molecule has 3 amide bonds. The zero-order valence-electron chi connectivity index (χ0n) is 16.4. The lowest BCUT2D eigenvalue weighted by atomic mass is 9.72. The number of carbonyl (C=O) groups is 3. The number of nitrogens with one attached hydrogen (secondary N) is 1. The van der Waals surface area contributed by atoms with Gasteiger partial charge in [0.25, 0.3) is 0 Å². The van der Waals surface area contributed by atoms with Gasteiger partial charge in [0, 0.05) is 6.54 Å². The second-order valence-electron chi connectivity index (χ2n) is 6.95. The van der Waals surface area contributed by atoms with Gasteiger partial charge in [-0.15, -0.1) is 0 Å². The van der Waals surface area contributed by atoms with E-state index in [9.17, 15) is 19.5 Å². The van der Waals surface area contributed by atoms with E-state index in [1.165, 1.54) is 12.1 Å². The number of imide groups is 1. The van der Waals surface area contributed by atoms with Gasteiger partial charge in [0.2, 0.25) is 5.91 Å². The molecule has 1 fully saturated rings. The van der Waals surface area contributed by atoms with Gasteiger partial charge in [-0.3, -0.25) is 4.79 Å². The molecule has 0 saturated carbocycles. The minimum Gasteiger partial charge on any atom is -0.478 e. The molecule has 2 aromatic rings. The van der Waals surface area contributed by atoms with Crippen LogP contribution in [0.5, 0.6) is 5.75 Å². The van der Waals surface area contributed by atoms with Crippen molar-refractivity contribution in [3.8, 4) is 5.75 Å². The summed E-state index contributed by atoms with van der Waals surface area (Å²) < 4.78 is 5.96. The van der Waals surface area contributed by atoms with Gasteiger partial charge in [-0.05, 0) is 30.5 Å². The van der Waals surface area contributed by atoms with Crippen molar-refractivity contribution in [2.45, 2.75) is 39.5 Å². The number of carboxylic acid groups (broad SMARTS) is 1. The van der Waals surface area contributed by atoms with Crippen LogP contribution in [-0.4, -0.2) is 34.1 Å². The second-order valence-corrected chi connectivity index (χ2v) is 6.95. The van der Waals surface area contributed by atoms with E-state index < -0.39 is 23.6 Å². The van der Waals surface area contributed by atoms with E-state index in [0.29, 0.717) is 12.8 Å². The third kappa shape index (κ3) is 3.68. The van der Waals surface area contributed by atoms with E-state index in [2.05, 4.69) is 5.32 Å². The van der Waals surface area contributed by atoms with Crippen molar-refractivity contribution in [2.75, 3.05) is 0 Å². The smallest absolute Gasteiger partial charge is 0.339 e. The lowest BCUT2D eigenvalue weighted by Gasteiger charge is -2.53. The van der Waals surface area contributed by atoms with E-state index >= 15 is 0 Å². The Morgan fingerprint density at radius 1 is 1.07 bits per heavy atom. The van der Waals surface area contributed by atoms with Gasteiger partial charge in [0.1, 0.15) is 16.7 Å². The number of β-lactam (4-membered cyclic amide) rings is 1. The molecule has 1 heterocycles. The third-order valence-corrected chi connectivity index (χ3v) is 5.48. The van der Waals surface area contributed by atoms with Crippen molar-refractivity contribution in [1.29, 1.82) is 0 Å². The zero-order valence-corrected chi connectivity index (χ0v) is 16.4. The molecule has 152 valence electrons. The fourth-order valence-electron chi connectivity index (χ4n) is 3.62. The van der Waals surface area contributed by atoms with E-state index in [-0.39, 0.29) is 23.8 Å². The summed E-state index contributed by atoms with van der Waals surface area (Å²) in [6, 6.07) is 15.0. The Kier molecular flexibility index (Phi) is 5.87. The zero-order chi connectivity index (χ0) is 21.0. The number of para-hydroxylation sites is 1. The summed E-state index contributed by atoms with van der Waals surface area (Å²) in [6.45, 7) is 3.99. The maximum atomic E-state index is 12.9. The molecule has 1 unspecified atom stereocenters. The van der Waals surface area contributed by atoms with Gasteiger partial charge in [-0.1, -0.05) is 56.3 Å². The average Bonchev–Trinajstić information content (AvgIpc) is 2.74. The van der Waals surface area contributed by atoms with Gasteiger partial charge in [0.05, 0.1) is 0 Å². The summed E-state index contributed by atoms with van der Waals surface area (Å²) >= 11 is 0. The fourth-order valence-corrected chi connectivity index (χ4v) is 3.62. The predicted octanol–water partition coefficient (Wildman–Crippen LogP) is 3.65. The molecule has 29 heavy (non-hydrogen) atoms. The van der Waals surface area contributed by atoms with Crippen LogP contribution in [0.1, 0.15) is 42.6 Å². The Hall–Kier alpha value is -3.35. The number of carbonyl (C=O) groups excluding carboxylic acids is 2. The van der Waals surface area contributed by atoms with Gasteiger partial charge < -0.3 is 15.2 Å². The summed E-state index contributed by atoms with van der Waals surface area (Å²) in [5, 5.41) is 12.2. The molecule has 7 nitrogen and oxygen atoms in total. The highest BCUT2D eigenvalue weighted by atomic mass is 16.5. The number of hydrogen-bond acceptors (Lipinski definition) is 4. The number of hydrogen-bond donors (Lipinski definition) is 2. The van der Waals surface area contributed by atoms with Crippen LogP contribution in [0.2, 0.25) is 0 Å². The third-order valence-electron chi connectivity index (χ3n) is 5.48. The Labute approximate surface area is 169 Å². The van der Waals surface area contributed by atoms with Crippen LogP contribution in [0.3, 0.4) is 0 Å². The Balaban J connectivity index is 1.83. The highest BCUT2D eigenvalue weighted by Crippen LogP contribution is 2.46. The standard InChI is InChI=1S/C22H24N2O5/c1-3-22(4-2)19(27)24(21(28)23-14-15-10-6-5-7-11-15)20(22)29-17-13-9-8-12-16(17)18(25)26/h5-13,20H,3-4,14H2,1-2H3,(H,23,28)(H,25,26). The molecular weight excluding hydrogens is 372 g/mol. The van der Waals surface area contributed by atoms with Crippen molar-refractivity contribution < 1.29 is 24.2 Å². The highest BCUT2D eigenvalue weighted by molar-refractivity contribution is 6.03. The van der Waals surface area contributed by atoms with E-state index in [1.807, 2.05) is 44.2 Å². The van der Waals surface area contributed by atoms with Crippen LogP contribution in [0.4, 0.5) is 4.79 Å². The van der Waals surface area contributed by atoms with Crippen LogP contribution in [0.25, 0.3) is 0 Å². The lowest BCUT2D eigenvalue weighted by molar-refractivity contribution is -0.190. The van der Waals surface area contributed by atoms with Gasteiger partial charge in [-0.2, -0.15) is 0 Å². The Morgan fingerprint density at radius 3 is 2.31 bits per heavy atom. The van der Waals surface area contributed by atoms with Crippen LogP contribution in [0, 0.1) is 5.41 Å². The molecule has 0 aliphatic carbocycles. The summed E-state index contributed by atoms with van der Waals surface area (Å²) in [7, 11) is 0. The minimum absolute atomic E-state index is 0.0161. The highest BCUT2D eigenvalue weighted by Gasteiger charge is 2.63. The van der Waals surface area contributed by atoms with Crippen molar-refractivity contribution in [2.24, 2.45) is 5.41 Å². The number of benzene rings is 2. The molecule has 7 heteroatoms. The molecule has 1 aliphatic heterocycles. The number of carboxylic acids is 1. The first-order valence-electron chi connectivity index (χ1n) is 9.59. The number of aromatic carboxylic acids is 1. The molecule has 0 spiro atoms. The molecule has 3 rings (SSSR count). The first kappa shape index (κ1) is 20.4. The van der Waals surface area contributed by atoms with Crippen LogP contribution in [0.15, 0.2) is 54.6 Å². The average molecular weight is 396 g/mol. The van der Waals surface area contributed by atoms with Crippen LogP contribution in [-0.2, 0) is 11.3 Å². The number of rotatable bonds is 7. The summed E-state index contributed by atoms with van der Waals surface area (Å²) in [5.74, 6) is -1.32. The van der Waals surface area contributed by atoms with Crippen LogP contribution < -0.4 is 10.1 Å². The van der Waals surface area contributed by atoms with Crippen molar-refractivity contribution in [3.05, 3.63) is 65.7 Å². The molecule has 1 atom stereocenters. The minimum atomic E-state index is -1.13. The molecule has 0 aromatic heterocycles. The predicted molar refractivity (Wildman–Crippen MR) is 106 cm³/mol. The monoisotopic (exact) mass is 396 g/mol. The van der Waals surface area contributed by atoms with Gasteiger partial charge in [-0.25, -0.2) is 14.5 Å². The quantitative estimate of drug-likeness (QED) is 0.697. The van der Waals surface area contributed by atoms with E-state index in [4.69, 9.17) is 4.74 Å². The summed E-state index contributed by atoms with van der Waals surface area (Å²) in [5.41, 5.74) is 0.0211. The SMILES string of the molecule is CCC1(CC)C(=O)N(C(=O)NCc2ccccc2)C1Oc1ccccc1C(=O)O. The maximum absolute atomic E-state index is 12.9. The maximum Gasteiger partial charge on any atom is 0.339 e. The van der Waals surface area contributed by atoms with Crippen LogP contribution >= 0.6 is 0 Å². The van der Waals surface area contributed by atoms with Crippen molar-refractivity contribution >= 4 is 17.9 Å². The topological polar surface area (TPSA) is 95.9 Å². The number of likely N-dealkylation sites (tertiary alicyclic amines) is 1. The normalized spacial score (nSPS) is 17.4.